The number of hydrogen-bond donors (Lipinski definition) is 3. The number of ketones is 2. The van der Waals surface area contributed by atoms with Gasteiger partial charge in [0, 0.05) is 24.1 Å². The zero-order chi connectivity index (χ0) is 30.5. The Balaban J connectivity index is 1.35. The molecule has 6 rings (SSSR count). The van der Waals surface area contributed by atoms with E-state index in [-0.39, 0.29) is 40.7 Å². The number of hydrogen-bond acceptors (Lipinski definition) is 8. The van der Waals surface area contributed by atoms with E-state index in [0.717, 1.165) is 22.4 Å². The number of phenols is 1. The first-order valence-corrected chi connectivity index (χ1v) is 13.5. The lowest BCUT2D eigenvalue weighted by Gasteiger charge is -2.27. The third-order valence-corrected chi connectivity index (χ3v) is 7.82. The summed E-state index contributed by atoms with van der Waals surface area (Å²) in [6, 6.07) is 22.1. The number of fused-ring (bicyclic) bond motifs is 4. The van der Waals surface area contributed by atoms with Crippen molar-refractivity contribution in [2.24, 2.45) is 0 Å². The fraction of sp³-hybridized carbons (Fsp3) is 0.147. The van der Waals surface area contributed by atoms with Crippen molar-refractivity contribution in [3.63, 3.8) is 0 Å². The first kappa shape index (κ1) is 27.6. The zero-order valence-corrected chi connectivity index (χ0v) is 23.6. The normalized spacial score (nSPS) is 17.1. The Kier molecular flexibility index (Phi) is 6.65. The molecule has 0 unspecified atom stereocenters. The van der Waals surface area contributed by atoms with Crippen LogP contribution in [0.15, 0.2) is 96.0 Å². The van der Waals surface area contributed by atoms with Crippen molar-refractivity contribution in [3.05, 3.63) is 113 Å². The predicted molar refractivity (Wildman–Crippen MR) is 158 cm³/mol. The summed E-state index contributed by atoms with van der Waals surface area (Å²) >= 11 is 0. The molecular weight excluding hydrogens is 550 g/mol. The molecule has 0 saturated heterocycles. The Hall–Kier alpha value is -5.57. The van der Waals surface area contributed by atoms with E-state index in [0.29, 0.717) is 11.5 Å². The molecule has 2 aliphatic rings. The van der Waals surface area contributed by atoms with Gasteiger partial charge in [0.1, 0.15) is 51.1 Å². The summed E-state index contributed by atoms with van der Waals surface area (Å²) in [4.78, 5) is 39.4. The number of nitrogens with one attached hydrogen (secondary N) is 1. The maximum Gasteiger partial charge on any atom is 0.259 e. The second kappa shape index (κ2) is 10.4. The van der Waals surface area contributed by atoms with E-state index in [1.807, 2.05) is 66.7 Å². The van der Waals surface area contributed by atoms with Crippen molar-refractivity contribution in [2.75, 3.05) is 7.11 Å². The predicted octanol–water partition coefficient (Wildman–Crippen LogP) is 5.79. The van der Waals surface area contributed by atoms with Gasteiger partial charge in [0.25, 0.3) is 5.91 Å². The molecule has 0 fully saturated rings. The highest BCUT2D eigenvalue weighted by molar-refractivity contribution is 6.25. The molecular formula is C34H27NO8. The Morgan fingerprint density at radius 3 is 2.35 bits per heavy atom. The molecule has 0 spiro atoms. The number of aliphatic hydroxyl groups is 1. The van der Waals surface area contributed by atoms with Crippen molar-refractivity contribution in [3.8, 4) is 28.7 Å². The number of methoxy groups -OCH3 is 1. The lowest BCUT2D eigenvalue weighted by Crippen LogP contribution is -2.38. The van der Waals surface area contributed by atoms with Gasteiger partial charge in [0.15, 0.2) is 17.3 Å². The summed E-state index contributed by atoms with van der Waals surface area (Å²) in [5.74, 6) is -1.59. The molecule has 0 saturated carbocycles. The molecule has 1 aliphatic heterocycles. The number of benzene rings is 4. The highest BCUT2D eigenvalue weighted by atomic mass is 16.5. The third-order valence-electron chi connectivity index (χ3n) is 7.82. The summed E-state index contributed by atoms with van der Waals surface area (Å²) in [5, 5.41) is 26.0. The lowest BCUT2D eigenvalue weighted by molar-refractivity contribution is -0.123. The smallest absolute Gasteiger partial charge is 0.259 e. The number of phenolic OH excluding ortho intramolecular Hbond substituents is 1. The van der Waals surface area contributed by atoms with Gasteiger partial charge in [-0.15, -0.1) is 0 Å². The van der Waals surface area contributed by atoms with Crippen LogP contribution >= 0.6 is 0 Å². The van der Waals surface area contributed by atoms with Gasteiger partial charge in [0.05, 0.1) is 12.7 Å². The second-order valence-electron chi connectivity index (χ2n) is 10.4. The van der Waals surface area contributed by atoms with E-state index in [4.69, 9.17) is 14.2 Å². The maximum atomic E-state index is 13.7. The van der Waals surface area contributed by atoms with Gasteiger partial charge in [0.2, 0.25) is 0 Å². The highest BCUT2D eigenvalue weighted by Gasteiger charge is 2.55. The van der Waals surface area contributed by atoms with Crippen LogP contribution in [-0.4, -0.2) is 34.8 Å². The van der Waals surface area contributed by atoms with Crippen molar-refractivity contribution in [2.45, 2.75) is 25.8 Å². The topological polar surface area (TPSA) is 131 Å². The number of rotatable bonds is 7. The molecule has 43 heavy (non-hydrogen) atoms. The molecule has 0 aromatic heterocycles. The SMILES string of the molecule is COc1cc(O)c2c(c1C(=O)NCc1ccc(Oc3ccccc3)c3ccccc13)OC1=CC(O)=C(C(C)=O)C(=O)[C@]12C. The van der Waals surface area contributed by atoms with Gasteiger partial charge in [-0.05, 0) is 43.0 Å². The van der Waals surface area contributed by atoms with Crippen LogP contribution in [-0.2, 0) is 21.5 Å². The first-order chi connectivity index (χ1) is 20.6. The largest absolute Gasteiger partial charge is 0.507 e. The number of aromatic hydroxyl groups is 1. The molecule has 9 heteroatoms. The van der Waals surface area contributed by atoms with E-state index >= 15 is 0 Å². The average Bonchev–Trinajstić information content (AvgIpc) is 3.30. The Morgan fingerprint density at radius 2 is 1.65 bits per heavy atom. The van der Waals surface area contributed by atoms with Crippen LogP contribution in [0.3, 0.4) is 0 Å². The minimum atomic E-state index is -1.64. The molecule has 216 valence electrons. The highest BCUT2D eigenvalue weighted by Crippen LogP contribution is 2.56. The number of para-hydroxylation sites is 1. The molecule has 9 nitrogen and oxygen atoms in total. The van der Waals surface area contributed by atoms with Gasteiger partial charge in [-0.25, -0.2) is 0 Å². The number of carbonyl (C=O) groups excluding carboxylic acids is 3. The van der Waals surface area contributed by atoms with Crippen LogP contribution in [0.25, 0.3) is 10.8 Å². The van der Waals surface area contributed by atoms with Crippen LogP contribution < -0.4 is 19.5 Å². The van der Waals surface area contributed by atoms with E-state index in [9.17, 15) is 24.6 Å². The Morgan fingerprint density at radius 1 is 0.953 bits per heavy atom. The Labute approximate surface area is 246 Å². The molecule has 1 amide bonds. The second-order valence-corrected chi connectivity index (χ2v) is 10.4. The van der Waals surface area contributed by atoms with Crippen LogP contribution in [0, 0.1) is 0 Å². The molecule has 0 radical (unpaired) electrons. The lowest BCUT2D eigenvalue weighted by atomic mass is 9.71. The van der Waals surface area contributed by atoms with Crippen molar-refractivity contribution in [1.82, 2.24) is 5.32 Å². The quantitative estimate of drug-likeness (QED) is 0.235. The molecule has 1 heterocycles. The summed E-state index contributed by atoms with van der Waals surface area (Å²) in [7, 11) is 1.34. The molecule has 4 aromatic rings. The maximum absolute atomic E-state index is 13.7. The van der Waals surface area contributed by atoms with Crippen LogP contribution in [0.5, 0.6) is 28.7 Å². The summed E-state index contributed by atoms with van der Waals surface area (Å²) < 4.78 is 17.5. The van der Waals surface area contributed by atoms with Crippen molar-refractivity contribution < 1.29 is 38.8 Å². The Bertz CT molecular complexity index is 1910. The van der Waals surface area contributed by atoms with Crippen LogP contribution in [0.1, 0.15) is 35.3 Å². The summed E-state index contributed by atoms with van der Waals surface area (Å²) in [6.45, 7) is 2.76. The van der Waals surface area contributed by atoms with Gasteiger partial charge in [-0.3, -0.25) is 14.4 Å². The number of Topliss-reactive ketones (excluding diaryl/α,β-unsaturated/α-hetero) is 2. The zero-order valence-electron chi connectivity index (χ0n) is 23.6. The minimum Gasteiger partial charge on any atom is -0.507 e. The van der Waals surface area contributed by atoms with Gasteiger partial charge in [-0.1, -0.05) is 48.5 Å². The molecule has 4 aromatic carbocycles. The van der Waals surface area contributed by atoms with Gasteiger partial charge < -0.3 is 29.7 Å². The van der Waals surface area contributed by atoms with Crippen molar-refractivity contribution in [1.29, 1.82) is 0 Å². The van der Waals surface area contributed by atoms with Gasteiger partial charge >= 0.3 is 0 Å². The van der Waals surface area contributed by atoms with Gasteiger partial charge in [-0.2, -0.15) is 0 Å². The first-order valence-electron chi connectivity index (χ1n) is 13.5. The van der Waals surface area contributed by atoms with E-state index in [1.165, 1.54) is 27.0 Å². The minimum absolute atomic E-state index is 0.00816. The van der Waals surface area contributed by atoms with Crippen LogP contribution in [0.4, 0.5) is 0 Å². The van der Waals surface area contributed by atoms with Crippen LogP contribution in [0.2, 0.25) is 0 Å². The molecule has 3 N–H and O–H groups in total. The fourth-order valence-electron chi connectivity index (χ4n) is 5.68. The number of amides is 1. The molecule has 0 bridgehead atoms. The summed E-state index contributed by atoms with van der Waals surface area (Å²) in [5.41, 5.74) is -1.27. The van der Waals surface area contributed by atoms with E-state index in [2.05, 4.69) is 5.32 Å². The van der Waals surface area contributed by atoms with E-state index < -0.39 is 34.2 Å². The number of aliphatic hydroxyl groups excluding tert-OH is 1. The average molecular weight is 578 g/mol. The number of ether oxygens (including phenoxy) is 3. The number of carbonyl (C=O) groups is 3. The number of allylic oxidation sites excluding steroid dienone is 3. The van der Waals surface area contributed by atoms with E-state index in [1.54, 1.807) is 0 Å². The van der Waals surface area contributed by atoms with Crippen molar-refractivity contribution >= 4 is 28.2 Å². The fourth-order valence-corrected chi connectivity index (χ4v) is 5.68. The molecule has 1 aliphatic carbocycles. The summed E-state index contributed by atoms with van der Waals surface area (Å²) in [6.07, 6.45) is 1.16. The molecule has 1 atom stereocenters. The third kappa shape index (κ3) is 4.37. The monoisotopic (exact) mass is 577 g/mol. The standard InChI is InChI=1S/C34H27NO8/c1-18(36)28-23(37)16-27-34(2,32(28)39)30-24(38)15-26(41-3)29(31(30)43-27)33(40)35-17-19-13-14-25(22-12-8-7-11-21(19)22)42-20-9-5-4-6-10-20/h4-16,37-38H,17H2,1-3H3,(H,35,40)/t34-/m1/s1.